The number of aliphatic carboxylic acids is 1. The molecule has 43 heavy (non-hydrogen) atoms. The molecule has 0 bridgehead atoms. The lowest BCUT2D eigenvalue weighted by atomic mass is 10.1. The molecule has 2 N–H and O–H groups in total. The van der Waals surface area contributed by atoms with Gasteiger partial charge in [0, 0.05) is 23.1 Å². The zero-order valence-corrected chi connectivity index (χ0v) is 23.1. The van der Waals surface area contributed by atoms with Crippen LogP contribution in [0, 0.1) is 0 Å². The molecular weight excluding hydrogens is 600 g/mol. The number of ether oxygens (including phenoxy) is 1. The van der Waals surface area contributed by atoms with E-state index >= 15 is 0 Å². The van der Waals surface area contributed by atoms with Crippen LogP contribution in [0.2, 0.25) is 0 Å². The third-order valence-corrected chi connectivity index (χ3v) is 7.07. The van der Waals surface area contributed by atoms with E-state index in [2.05, 4.69) is 10.3 Å². The van der Waals surface area contributed by atoms with Gasteiger partial charge < -0.3 is 20.1 Å². The van der Waals surface area contributed by atoms with Gasteiger partial charge in [0.2, 0.25) is 0 Å². The Balaban J connectivity index is 1.75. The number of anilines is 2. The van der Waals surface area contributed by atoms with Crippen molar-refractivity contribution in [2.45, 2.75) is 25.3 Å². The van der Waals surface area contributed by atoms with Gasteiger partial charge in [-0.2, -0.15) is 26.3 Å². The highest BCUT2D eigenvalue weighted by molar-refractivity contribution is 7.14. The van der Waals surface area contributed by atoms with Crippen LogP contribution in [0.3, 0.4) is 0 Å². The number of halogens is 6. The second-order valence-electron chi connectivity index (χ2n) is 9.13. The average molecular weight is 624 g/mol. The Kier molecular flexibility index (Phi) is 9.28. The van der Waals surface area contributed by atoms with Crippen molar-refractivity contribution in [1.82, 2.24) is 10.3 Å². The largest absolute Gasteiger partial charge is 0.496 e. The summed E-state index contributed by atoms with van der Waals surface area (Å²) in [5, 5.41) is 12.8. The number of hydrogen-bond acceptors (Lipinski definition) is 6. The monoisotopic (exact) mass is 623 g/mol. The molecule has 226 valence electrons. The first-order valence-electron chi connectivity index (χ1n) is 12.5. The lowest BCUT2D eigenvalue weighted by Gasteiger charge is -2.26. The second kappa shape index (κ2) is 12.7. The van der Waals surface area contributed by atoms with Gasteiger partial charge in [-0.15, -0.1) is 11.3 Å². The number of carboxylic acid groups (broad SMARTS) is 1. The standard InChI is InChI=1S/C29H23F6N3O4S/c1-42-24-5-3-2-4-20(24)22-16-43-27(37-22)38(23-11-10-19(28(30,31)32)14-21(23)29(33,34)35)15-17-6-8-18(9-7-17)26(41)36-13-12-25(39)40/h2-11,14,16H,12-13,15H2,1H3,(H,36,41)(H,39,40). The van der Waals surface area contributed by atoms with Gasteiger partial charge in [-0.3, -0.25) is 9.59 Å². The first-order valence-corrected chi connectivity index (χ1v) is 13.4. The number of carbonyl (C=O) groups excluding carboxylic acids is 1. The molecule has 0 unspecified atom stereocenters. The normalized spacial score (nSPS) is 11.7. The van der Waals surface area contributed by atoms with Gasteiger partial charge in [0.15, 0.2) is 5.13 Å². The summed E-state index contributed by atoms with van der Waals surface area (Å²) in [6.07, 6.45) is -10.4. The first-order chi connectivity index (χ1) is 20.3. The molecule has 14 heteroatoms. The molecule has 0 saturated carbocycles. The Morgan fingerprint density at radius 1 is 0.977 bits per heavy atom. The van der Waals surface area contributed by atoms with Crippen LogP contribution in [-0.2, 0) is 23.7 Å². The van der Waals surface area contributed by atoms with E-state index in [1.54, 1.807) is 29.6 Å². The lowest BCUT2D eigenvalue weighted by Crippen LogP contribution is -2.26. The maximum absolute atomic E-state index is 14.2. The molecule has 1 amide bonds. The van der Waals surface area contributed by atoms with Gasteiger partial charge in [0.1, 0.15) is 5.75 Å². The zero-order chi connectivity index (χ0) is 31.4. The number of amides is 1. The van der Waals surface area contributed by atoms with Crippen molar-refractivity contribution in [1.29, 1.82) is 0 Å². The topological polar surface area (TPSA) is 91.8 Å². The van der Waals surface area contributed by atoms with E-state index < -0.39 is 41.0 Å². The van der Waals surface area contributed by atoms with E-state index in [1.807, 2.05) is 0 Å². The fraction of sp³-hybridized carbons (Fsp3) is 0.207. The molecule has 0 aliphatic heterocycles. The van der Waals surface area contributed by atoms with E-state index in [0.29, 0.717) is 28.6 Å². The smallest absolute Gasteiger partial charge is 0.418 e. The number of rotatable bonds is 10. The van der Waals surface area contributed by atoms with Crippen molar-refractivity contribution in [2.24, 2.45) is 0 Å². The highest BCUT2D eigenvalue weighted by Gasteiger charge is 2.40. The number of aromatic nitrogens is 1. The zero-order valence-electron chi connectivity index (χ0n) is 22.3. The van der Waals surface area contributed by atoms with E-state index in [1.165, 1.54) is 31.4 Å². The van der Waals surface area contributed by atoms with Gasteiger partial charge in [-0.1, -0.05) is 24.3 Å². The van der Waals surface area contributed by atoms with Crippen LogP contribution >= 0.6 is 11.3 Å². The molecule has 0 atom stereocenters. The predicted molar refractivity (Wildman–Crippen MR) is 147 cm³/mol. The molecule has 0 spiro atoms. The molecular formula is C29H23F6N3O4S. The quantitative estimate of drug-likeness (QED) is 0.179. The van der Waals surface area contributed by atoms with Crippen LogP contribution in [0.15, 0.2) is 72.1 Å². The molecule has 0 saturated heterocycles. The fourth-order valence-electron chi connectivity index (χ4n) is 4.13. The molecule has 0 radical (unpaired) electrons. The summed E-state index contributed by atoms with van der Waals surface area (Å²) < 4.78 is 88.0. The Morgan fingerprint density at radius 3 is 2.30 bits per heavy atom. The molecule has 0 fully saturated rings. The highest BCUT2D eigenvalue weighted by Crippen LogP contribution is 2.44. The van der Waals surface area contributed by atoms with Gasteiger partial charge in [0.25, 0.3) is 5.91 Å². The minimum atomic E-state index is -5.13. The Hall–Kier alpha value is -4.59. The van der Waals surface area contributed by atoms with E-state index in [-0.39, 0.29) is 36.3 Å². The molecule has 3 aromatic carbocycles. The van der Waals surface area contributed by atoms with Gasteiger partial charge in [-0.25, -0.2) is 4.98 Å². The second-order valence-corrected chi connectivity index (χ2v) is 9.96. The van der Waals surface area contributed by atoms with Crippen molar-refractivity contribution in [3.05, 3.63) is 94.4 Å². The van der Waals surface area contributed by atoms with E-state index in [0.717, 1.165) is 22.3 Å². The number of carbonyl (C=O) groups is 2. The summed E-state index contributed by atoms with van der Waals surface area (Å²) in [5.74, 6) is -1.17. The Morgan fingerprint density at radius 2 is 1.67 bits per heavy atom. The number of thiazole rings is 1. The number of benzene rings is 3. The average Bonchev–Trinajstić information content (AvgIpc) is 3.44. The number of methoxy groups -OCH3 is 1. The third-order valence-electron chi connectivity index (χ3n) is 6.21. The van der Waals surface area contributed by atoms with Crippen LogP contribution in [0.5, 0.6) is 5.75 Å². The first kappa shape index (κ1) is 31.3. The molecule has 0 aliphatic rings. The van der Waals surface area contributed by atoms with Crippen LogP contribution in [-0.4, -0.2) is 35.6 Å². The molecule has 4 rings (SSSR count). The summed E-state index contributed by atoms with van der Waals surface area (Å²) >= 11 is 0.992. The fourth-order valence-corrected chi connectivity index (χ4v) is 4.97. The molecule has 4 aromatic rings. The van der Waals surface area contributed by atoms with Gasteiger partial charge >= 0.3 is 18.3 Å². The van der Waals surface area contributed by atoms with E-state index in [4.69, 9.17) is 9.84 Å². The molecule has 0 aliphatic carbocycles. The molecule has 1 aromatic heterocycles. The summed E-state index contributed by atoms with van der Waals surface area (Å²) in [6, 6.07) is 14.0. The van der Waals surface area contributed by atoms with Gasteiger partial charge in [0.05, 0.1) is 42.6 Å². The molecule has 7 nitrogen and oxygen atoms in total. The number of alkyl halides is 6. The Bertz CT molecular complexity index is 1600. The number of para-hydroxylation sites is 1. The van der Waals surface area contributed by atoms with Crippen molar-refractivity contribution in [3.63, 3.8) is 0 Å². The number of nitrogens with zero attached hydrogens (tertiary/aromatic N) is 2. The number of nitrogens with one attached hydrogen (secondary N) is 1. The minimum absolute atomic E-state index is 0.0710. The number of carboxylic acids is 1. The number of hydrogen-bond donors (Lipinski definition) is 2. The van der Waals surface area contributed by atoms with Crippen molar-refractivity contribution >= 4 is 34.0 Å². The van der Waals surface area contributed by atoms with Crippen LogP contribution in [0.1, 0.15) is 33.5 Å². The molecule has 1 heterocycles. The van der Waals surface area contributed by atoms with Crippen LogP contribution in [0.4, 0.5) is 37.2 Å². The Labute approximate surface area is 245 Å². The van der Waals surface area contributed by atoms with Gasteiger partial charge in [-0.05, 0) is 48.0 Å². The summed E-state index contributed by atoms with van der Waals surface area (Å²) in [6.45, 7) is -0.343. The highest BCUT2D eigenvalue weighted by atomic mass is 32.1. The van der Waals surface area contributed by atoms with Crippen molar-refractivity contribution in [3.8, 4) is 17.0 Å². The minimum Gasteiger partial charge on any atom is -0.496 e. The van der Waals surface area contributed by atoms with Crippen LogP contribution < -0.4 is 15.0 Å². The third kappa shape index (κ3) is 7.63. The summed E-state index contributed by atoms with van der Waals surface area (Å²) in [7, 11) is 1.45. The van der Waals surface area contributed by atoms with E-state index in [9.17, 15) is 35.9 Å². The SMILES string of the molecule is COc1ccccc1-c1csc(N(Cc2ccc(C(=O)NCCC(=O)O)cc2)c2ccc(C(F)(F)F)cc2C(F)(F)F)n1. The van der Waals surface area contributed by atoms with Crippen LogP contribution in [0.25, 0.3) is 11.3 Å². The maximum Gasteiger partial charge on any atom is 0.418 e. The maximum atomic E-state index is 14.2. The predicted octanol–water partition coefficient (Wildman–Crippen LogP) is 7.40. The summed E-state index contributed by atoms with van der Waals surface area (Å²) in [4.78, 5) is 28.7. The lowest BCUT2D eigenvalue weighted by molar-refractivity contribution is -0.143. The van der Waals surface area contributed by atoms with Crippen molar-refractivity contribution in [2.75, 3.05) is 18.6 Å². The summed E-state index contributed by atoms with van der Waals surface area (Å²) in [5.41, 5.74) is -1.94. The van der Waals surface area contributed by atoms with Crippen molar-refractivity contribution < 1.29 is 45.8 Å².